The number of hydrogen-bond acceptors (Lipinski definition) is 2. The first-order valence-electron chi connectivity index (χ1n) is 6.14. The van der Waals surface area contributed by atoms with E-state index in [2.05, 4.69) is 48.5 Å². The zero-order chi connectivity index (χ0) is 15.3. The van der Waals surface area contributed by atoms with Gasteiger partial charge in [-0.1, -0.05) is 60.1 Å². The van der Waals surface area contributed by atoms with E-state index in [1.165, 1.54) is 35.0 Å². The smallest absolute Gasteiger partial charge is 1.00 e. The van der Waals surface area contributed by atoms with Gasteiger partial charge in [0.25, 0.3) is 10.1 Å². The second-order valence-corrected chi connectivity index (χ2v) is 6.13. The van der Waals surface area contributed by atoms with Crippen molar-refractivity contribution in [3.05, 3.63) is 77.8 Å². The van der Waals surface area contributed by atoms with Crippen molar-refractivity contribution in [2.24, 2.45) is 0 Å². The summed E-state index contributed by atoms with van der Waals surface area (Å²) in [6.45, 7) is 0. The summed E-state index contributed by atoms with van der Waals surface area (Å²) >= 11 is 5.49. The minimum atomic E-state index is -4.08. The molecule has 0 saturated carbocycles. The van der Waals surface area contributed by atoms with Gasteiger partial charge in [-0.3, -0.25) is 4.55 Å². The quantitative estimate of drug-likeness (QED) is 0.538. The van der Waals surface area contributed by atoms with Crippen LogP contribution in [0.15, 0.2) is 77.7 Å². The maximum atomic E-state index is 10.5. The standard InChI is InChI=1S/C10H8.C6H5ClO3S.Na.H/c1-2-6-10-8-4-3-7-9(10)5-1;7-5-1-3-6(4-2-5)11(8,9)10;;/h1-8H;1-4H,(H,8,9,10);;/q;;+1;-1. The van der Waals surface area contributed by atoms with Crippen molar-refractivity contribution < 1.29 is 44.0 Å². The van der Waals surface area contributed by atoms with Crippen LogP contribution in [0.4, 0.5) is 0 Å². The first-order chi connectivity index (χ1) is 9.97. The predicted molar refractivity (Wildman–Crippen MR) is 86.3 cm³/mol. The molecule has 22 heavy (non-hydrogen) atoms. The fraction of sp³-hybridized carbons (Fsp3) is 0. The molecule has 0 unspecified atom stereocenters. The van der Waals surface area contributed by atoms with Crippen LogP contribution in [0.3, 0.4) is 0 Å². The minimum absolute atomic E-state index is 0. The average Bonchev–Trinajstić information content (AvgIpc) is 2.47. The van der Waals surface area contributed by atoms with Gasteiger partial charge < -0.3 is 1.43 Å². The Morgan fingerprint density at radius 2 is 1.14 bits per heavy atom. The molecule has 0 aliphatic carbocycles. The van der Waals surface area contributed by atoms with E-state index in [-0.39, 0.29) is 35.9 Å². The Hall–Kier alpha value is -0.880. The van der Waals surface area contributed by atoms with Gasteiger partial charge in [0, 0.05) is 5.02 Å². The van der Waals surface area contributed by atoms with E-state index >= 15 is 0 Å². The topological polar surface area (TPSA) is 54.4 Å². The number of rotatable bonds is 1. The van der Waals surface area contributed by atoms with Gasteiger partial charge in [0.05, 0.1) is 4.90 Å². The summed E-state index contributed by atoms with van der Waals surface area (Å²) in [6.07, 6.45) is 0. The van der Waals surface area contributed by atoms with E-state index in [4.69, 9.17) is 16.2 Å². The van der Waals surface area contributed by atoms with Crippen LogP contribution in [-0.4, -0.2) is 13.0 Å². The molecule has 0 saturated heterocycles. The zero-order valence-corrected chi connectivity index (χ0v) is 15.6. The van der Waals surface area contributed by atoms with Crippen LogP contribution < -0.4 is 29.6 Å². The Kier molecular flexibility index (Phi) is 7.56. The molecule has 0 aliphatic rings. The third kappa shape index (κ3) is 5.72. The van der Waals surface area contributed by atoms with E-state index in [9.17, 15) is 8.42 Å². The second kappa shape index (κ2) is 8.67. The summed E-state index contributed by atoms with van der Waals surface area (Å²) < 4.78 is 29.4. The van der Waals surface area contributed by atoms with Crippen molar-refractivity contribution in [3.8, 4) is 0 Å². The summed E-state index contributed by atoms with van der Waals surface area (Å²) in [4.78, 5) is -0.151. The first-order valence-corrected chi connectivity index (χ1v) is 7.95. The molecule has 0 radical (unpaired) electrons. The number of hydrogen-bond donors (Lipinski definition) is 1. The van der Waals surface area contributed by atoms with Crippen molar-refractivity contribution in [2.75, 3.05) is 0 Å². The molecule has 3 aromatic carbocycles. The van der Waals surface area contributed by atoms with Crippen LogP contribution in [0.5, 0.6) is 0 Å². The number of fused-ring (bicyclic) bond motifs is 1. The Morgan fingerprint density at radius 3 is 1.45 bits per heavy atom. The molecule has 110 valence electrons. The van der Waals surface area contributed by atoms with Gasteiger partial charge >= 0.3 is 29.6 Å². The molecule has 0 atom stereocenters. The van der Waals surface area contributed by atoms with Gasteiger partial charge in [0.2, 0.25) is 0 Å². The third-order valence-corrected chi connectivity index (χ3v) is 3.89. The maximum absolute atomic E-state index is 10.5. The molecule has 3 rings (SSSR count). The van der Waals surface area contributed by atoms with E-state index < -0.39 is 10.1 Å². The normalized spacial score (nSPS) is 10.3. The van der Waals surface area contributed by atoms with Crippen LogP contribution >= 0.6 is 11.6 Å². The van der Waals surface area contributed by atoms with E-state index in [0.29, 0.717) is 5.02 Å². The molecule has 0 aromatic heterocycles. The molecular weight excluding hydrogens is 331 g/mol. The van der Waals surface area contributed by atoms with E-state index in [1.54, 1.807) is 0 Å². The summed E-state index contributed by atoms with van der Waals surface area (Å²) in [5, 5.41) is 3.05. The maximum Gasteiger partial charge on any atom is 1.00 e. The van der Waals surface area contributed by atoms with Crippen LogP contribution in [0.1, 0.15) is 1.43 Å². The molecule has 0 heterocycles. The molecule has 0 aliphatic heterocycles. The fourth-order valence-corrected chi connectivity index (χ4v) is 2.35. The van der Waals surface area contributed by atoms with Crippen LogP contribution in [-0.2, 0) is 10.1 Å². The van der Waals surface area contributed by atoms with Crippen molar-refractivity contribution in [3.63, 3.8) is 0 Å². The molecule has 0 fully saturated rings. The van der Waals surface area contributed by atoms with Gasteiger partial charge in [-0.05, 0) is 35.0 Å². The zero-order valence-electron chi connectivity index (χ0n) is 13.0. The molecule has 3 nitrogen and oxygen atoms in total. The van der Waals surface area contributed by atoms with E-state index in [1.807, 2.05) is 0 Å². The van der Waals surface area contributed by atoms with Crippen molar-refractivity contribution in [1.29, 1.82) is 0 Å². The third-order valence-electron chi connectivity index (χ3n) is 2.77. The van der Waals surface area contributed by atoms with Gasteiger partial charge in [0.1, 0.15) is 0 Å². The minimum Gasteiger partial charge on any atom is -1.00 e. The molecular formula is C16H14ClNaO3S. The van der Waals surface area contributed by atoms with Crippen molar-refractivity contribution in [2.45, 2.75) is 4.90 Å². The molecule has 6 heteroatoms. The summed E-state index contributed by atoms with van der Waals surface area (Å²) in [7, 11) is -4.08. The van der Waals surface area contributed by atoms with Crippen LogP contribution in [0, 0.1) is 0 Å². The van der Waals surface area contributed by atoms with Gasteiger partial charge in [-0.25, -0.2) is 0 Å². The number of halogens is 1. The Bertz CT molecular complexity index is 774. The molecule has 0 amide bonds. The van der Waals surface area contributed by atoms with Gasteiger partial charge in [0.15, 0.2) is 0 Å². The fourth-order valence-electron chi connectivity index (χ4n) is 1.74. The molecule has 3 aromatic rings. The molecule has 0 spiro atoms. The monoisotopic (exact) mass is 344 g/mol. The Labute approximate surface area is 158 Å². The molecule has 1 N–H and O–H groups in total. The largest absolute Gasteiger partial charge is 1.00 e. The van der Waals surface area contributed by atoms with Crippen molar-refractivity contribution in [1.82, 2.24) is 0 Å². The summed E-state index contributed by atoms with van der Waals surface area (Å²) in [6, 6.07) is 22.0. The predicted octanol–water partition coefficient (Wildman–Crippen LogP) is 1.54. The van der Waals surface area contributed by atoms with E-state index in [0.717, 1.165) is 0 Å². The van der Waals surface area contributed by atoms with Gasteiger partial charge in [-0.15, -0.1) is 0 Å². The van der Waals surface area contributed by atoms with Crippen LogP contribution in [0.25, 0.3) is 10.8 Å². The SMILES string of the molecule is O=S(=O)(O)c1ccc(Cl)cc1.[H-].[Na+].c1ccc2ccccc2c1. The molecule has 0 bridgehead atoms. The first kappa shape index (κ1) is 19.2. The number of benzene rings is 3. The summed E-state index contributed by atoms with van der Waals surface area (Å²) in [5.41, 5.74) is 0. The summed E-state index contributed by atoms with van der Waals surface area (Å²) in [5.74, 6) is 0. The second-order valence-electron chi connectivity index (χ2n) is 4.28. The average molecular weight is 345 g/mol. The van der Waals surface area contributed by atoms with Crippen LogP contribution in [0.2, 0.25) is 5.02 Å². The van der Waals surface area contributed by atoms with Crippen molar-refractivity contribution >= 4 is 32.5 Å². The Morgan fingerprint density at radius 1 is 0.773 bits per heavy atom. The Balaban J connectivity index is 0.000000388. The van der Waals surface area contributed by atoms with Gasteiger partial charge in [-0.2, -0.15) is 8.42 Å².